The second-order valence-corrected chi connectivity index (χ2v) is 5.12. The van der Waals surface area contributed by atoms with Gasteiger partial charge in [-0.15, -0.1) is 0 Å². The number of nitrogens with two attached hydrogens (primary N) is 1. The van der Waals surface area contributed by atoms with Crippen molar-refractivity contribution in [1.29, 1.82) is 0 Å². The highest BCUT2D eigenvalue weighted by Crippen LogP contribution is 2.15. The first-order valence-corrected chi connectivity index (χ1v) is 7.08. The lowest BCUT2D eigenvalue weighted by Crippen LogP contribution is -2.49. The Hall–Kier alpha value is -2.57. The zero-order chi connectivity index (χ0) is 16.7. The SMILES string of the molecule is CC[C@@H](C)[C@@H](NC(N)=O)C(=O)Nc1ccc(NC(C)=O)cc1. The van der Waals surface area contributed by atoms with Crippen LogP contribution in [0.3, 0.4) is 0 Å². The van der Waals surface area contributed by atoms with Crippen molar-refractivity contribution in [2.45, 2.75) is 33.2 Å². The van der Waals surface area contributed by atoms with Crippen LogP contribution in [-0.2, 0) is 9.59 Å². The van der Waals surface area contributed by atoms with Gasteiger partial charge < -0.3 is 21.7 Å². The van der Waals surface area contributed by atoms with Crippen molar-refractivity contribution in [3.05, 3.63) is 24.3 Å². The molecule has 120 valence electrons. The van der Waals surface area contributed by atoms with Crippen LogP contribution in [0.4, 0.5) is 16.2 Å². The molecule has 0 aromatic heterocycles. The minimum absolute atomic E-state index is 0.0499. The van der Waals surface area contributed by atoms with Crippen LogP contribution in [0, 0.1) is 5.92 Å². The molecule has 7 heteroatoms. The zero-order valence-corrected chi connectivity index (χ0v) is 13.0. The Kier molecular flexibility index (Phi) is 6.37. The van der Waals surface area contributed by atoms with Crippen molar-refractivity contribution in [1.82, 2.24) is 5.32 Å². The van der Waals surface area contributed by atoms with Gasteiger partial charge in [-0.1, -0.05) is 20.3 Å². The molecule has 1 aromatic rings. The number of amides is 4. The number of nitrogens with one attached hydrogen (secondary N) is 3. The standard InChI is InChI=1S/C15H22N4O3/c1-4-9(2)13(19-15(16)22)14(21)18-12-7-5-11(6-8-12)17-10(3)20/h5-9,13H,4H2,1-3H3,(H,17,20)(H,18,21)(H3,16,19,22)/t9-,13-/m1/s1. The summed E-state index contributed by atoms with van der Waals surface area (Å²) in [4.78, 5) is 34.2. The van der Waals surface area contributed by atoms with E-state index in [2.05, 4.69) is 16.0 Å². The van der Waals surface area contributed by atoms with Gasteiger partial charge in [-0.2, -0.15) is 0 Å². The molecule has 0 saturated carbocycles. The highest BCUT2D eigenvalue weighted by molar-refractivity contribution is 5.97. The van der Waals surface area contributed by atoms with Crippen molar-refractivity contribution in [2.75, 3.05) is 10.6 Å². The van der Waals surface area contributed by atoms with Gasteiger partial charge in [0.05, 0.1) is 0 Å². The summed E-state index contributed by atoms with van der Waals surface area (Å²) in [6.07, 6.45) is 0.722. The van der Waals surface area contributed by atoms with Crippen molar-refractivity contribution < 1.29 is 14.4 Å². The smallest absolute Gasteiger partial charge is 0.312 e. The summed E-state index contributed by atoms with van der Waals surface area (Å²) in [5, 5.41) is 7.82. The molecule has 0 unspecified atom stereocenters. The number of anilines is 2. The fourth-order valence-corrected chi connectivity index (χ4v) is 1.92. The first-order valence-electron chi connectivity index (χ1n) is 7.08. The molecule has 22 heavy (non-hydrogen) atoms. The highest BCUT2D eigenvalue weighted by Gasteiger charge is 2.25. The molecule has 0 spiro atoms. The maximum absolute atomic E-state index is 12.3. The van der Waals surface area contributed by atoms with Crippen molar-refractivity contribution in [2.24, 2.45) is 11.7 Å². The van der Waals surface area contributed by atoms with Crippen LogP contribution in [0.1, 0.15) is 27.2 Å². The Labute approximate surface area is 129 Å². The minimum atomic E-state index is -0.735. The number of benzene rings is 1. The molecule has 0 radical (unpaired) electrons. The first-order chi connectivity index (χ1) is 10.3. The van der Waals surface area contributed by atoms with Gasteiger partial charge in [0.25, 0.3) is 0 Å². The molecule has 0 aliphatic heterocycles. The van der Waals surface area contributed by atoms with Gasteiger partial charge in [0.15, 0.2) is 0 Å². The highest BCUT2D eigenvalue weighted by atomic mass is 16.2. The number of rotatable bonds is 6. The average molecular weight is 306 g/mol. The number of carbonyl (C=O) groups is 3. The van der Waals surface area contributed by atoms with Crippen LogP contribution in [0.15, 0.2) is 24.3 Å². The average Bonchev–Trinajstić information content (AvgIpc) is 2.45. The number of urea groups is 1. The van der Waals surface area contributed by atoms with E-state index in [0.29, 0.717) is 11.4 Å². The molecule has 1 rings (SSSR count). The van der Waals surface area contributed by atoms with E-state index >= 15 is 0 Å². The quantitative estimate of drug-likeness (QED) is 0.641. The van der Waals surface area contributed by atoms with Crippen LogP contribution in [0.5, 0.6) is 0 Å². The summed E-state index contributed by atoms with van der Waals surface area (Å²) in [5.74, 6) is -0.550. The monoisotopic (exact) mass is 306 g/mol. The molecule has 0 aliphatic rings. The maximum atomic E-state index is 12.3. The lowest BCUT2D eigenvalue weighted by Gasteiger charge is -2.22. The summed E-state index contributed by atoms with van der Waals surface area (Å²) in [6.45, 7) is 5.21. The lowest BCUT2D eigenvalue weighted by molar-refractivity contribution is -0.119. The fourth-order valence-electron chi connectivity index (χ4n) is 1.92. The summed E-state index contributed by atoms with van der Waals surface area (Å²) < 4.78 is 0. The van der Waals surface area contributed by atoms with E-state index in [4.69, 9.17) is 5.73 Å². The second kappa shape index (κ2) is 8.02. The molecule has 7 nitrogen and oxygen atoms in total. The molecule has 2 atom stereocenters. The molecule has 1 aromatic carbocycles. The van der Waals surface area contributed by atoms with E-state index in [1.54, 1.807) is 24.3 Å². The number of hydrogen-bond acceptors (Lipinski definition) is 3. The van der Waals surface area contributed by atoms with E-state index < -0.39 is 12.1 Å². The Balaban J connectivity index is 2.76. The Morgan fingerprint density at radius 3 is 2.00 bits per heavy atom. The summed E-state index contributed by atoms with van der Waals surface area (Å²) >= 11 is 0. The predicted molar refractivity (Wildman–Crippen MR) is 85.3 cm³/mol. The Morgan fingerprint density at radius 1 is 1.09 bits per heavy atom. The second-order valence-electron chi connectivity index (χ2n) is 5.12. The molecule has 0 aliphatic carbocycles. The third-order valence-electron chi connectivity index (χ3n) is 3.27. The molecule has 0 fully saturated rings. The summed E-state index contributed by atoms with van der Waals surface area (Å²) in [5.41, 5.74) is 6.32. The van der Waals surface area contributed by atoms with E-state index in [1.165, 1.54) is 6.92 Å². The lowest BCUT2D eigenvalue weighted by atomic mass is 9.98. The van der Waals surface area contributed by atoms with E-state index in [0.717, 1.165) is 6.42 Å². The van der Waals surface area contributed by atoms with Crippen LogP contribution in [-0.4, -0.2) is 23.9 Å². The largest absolute Gasteiger partial charge is 0.352 e. The van der Waals surface area contributed by atoms with Gasteiger partial charge in [-0.05, 0) is 30.2 Å². The van der Waals surface area contributed by atoms with Crippen LogP contribution < -0.4 is 21.7 Å². The zero-order valence-electron chi connectivity index (χ0n) is 13.0. The van der Waals surface area contributed by atoms with Gasteiger partial charge in [0, 0.05) is 18.3 Å². The van der Waals surface area contributed by atoms with E-state index in [1.807, 2.05) is 13.8 Å². The van der Waals surface area contributed by atoms with E-state index in [9.17, 15) is 14.4 Å². The van der Waals surface area contributed by atoms with Gasteiger partial charge in [0.1, 0.15) is 6.04 Å². The Morgan fingerprint density at radius 2 is 1.59 bits per heavy atom. The third kappa shape index (κ3) is 5.43. The molecular weight excluding hydrogens is 284 g/mol. The van der Waals surface area contributed by atoms with E-state index in [-0.39, 0.29) is 17.7 Å². The number of hydrogen-bond donors (Lipinski definition) is 4. The Bertz CT molecular complexity index is 542. The van der Waals surface area contributed by atoms with Gasteiger partial charge in [-0.3, -0.25) is 9.59 Å². The third-order valence-corrected chi connectivity index (χ3v) is 3.27. The number of carbonyl (C=O) groups excluding carboxylic acids is 3. The molecule has 0 heterocycles. The fraction of sp³-hybridized carbons (Fsp3) is 0.400. The molecule has 4 amide bonds. The predicted octanol–water partition coefficient (Wildman–Crippen LogP) is 1.67. The maximum Gasteiger partial charge on any atom is 0.312 e. The molecule has 5 N–H and O–H groups in total. The minimum Gasteiger partial charge on any atom is -0.352 e. The molecule has 0 saturated heterocycles. The van der Waals surface area contributed by atoms with Crippen molar-refractivity contribution in [3.63, 3.8) is 0 Å². The van der Waals surface area contributed by atoms with Crippen LogP contribution in [0.25, 0.3) is 0 Å². The normalized spacial score (nSPS) is 12.9. The topological polar surface area (TPSA) is 113 Å². The molecular formula is C15H22N4O3. The van der Waals surface area contributed by atoms with Crippen molar-refractivity contribution >= 4 is 29.2 Å². The van der Waals surface area contributed by atoms with Gasteiger partial charge in [-0.25, -0.2) is 4.79 Å². The van der Waals surface area contributed by atoms with Crippen molar-refractivity contribution in [3.8, 4) is 0 Å². The summed E-state index contributed by atoms with van der Waals surface area (Å²) in [6, 6.07) is 5.26. The summed E-state index contributed by atoms with van der Waals surface area (Å²) in [7, 11) is 0. The van der Waals surface area contributed by atoms with Gasteiger partial charge in [0.2, 0.25) is 11.8 Å². The first kappa shape index (κ1) is 17.5. The number of primary amides is 1. The molecule has 0 bridgehead atoms. The van der Waals surface area contributed by atoms with Gasteiger partial charge >= 0.3 is 6.03 Å². The van der Waals surface area contributed by atoms with Crippen LogP contribution in [0.2, 0.25) is 0 Å². The van der Waals surface area contributed by atoms with Crippen LogP contribution >= 0.6 is 0 Å².